The number of phosphoric acid groups is 1. The van der Waals surface area contributed by atoms with Crippen LogP contribution in [0.25, 0.3) is 11.2 Å². The van der Waals surface area contributed by atoms with E-state index in [1.165, 1.54) is 26.9 Å². The zero-order chi connectivity index (χ0) is 18.2. The van der Waals surface area contributed by atoms with Gasteiger partial charge in [0.15, 0.2) is 17.7 Å². The standard InChI is InChI=1S/C12H18N5O7P/c1-21-8-6(3-23-25(18,19)20)24-12(9(8)22-2)17-5-16-7-10(13)14-4-15-11(7)17/h4-6,8-9,12H,3H2,1-2H3,(H2,13,14,15)(H2,18,19,20)/t6-,8+,9?,12-/m1/s1. The number of hydrogen-bond donors (Lipinski definition) is 3. The summed E-state index contributed by atoms with van der Waals surface area (Å²) in [5.41, 5.74) is 6.62. The summed E-state index contributed by atoms with van der Waals surface area (Å²) in [6.07, 6.45) is 0.0751. The minimum absolute atomic E-state index is 0.223. The molecule has 0 saturated carbocycles. The number of hydrogen-bond acceptors (Lipinski definition) is 9. The molecule has 13 heteroatoms. The first-order valence-corrected chi connectivity index (χ1v) is 8.73. The molecule has 4 atom stereocenters. The summed E-state index contributed by atoms with van der Waals surface area (Å²) >= 11 is 0. The summed E-state index contributed by atoms with van der Waals surface area (Å²) in [6.45, 7) is -0.372. The number of nitrogens with zero attached hydrogens (tertiary/aromatic N) is 4. The molecule has 0 aliphatic carbocycles. The van der Waals surface area contributed by atoms with Gasteiger partial charge in [0.1, 0.15) is 30.2 Å². The first-order chi connectivity index (χ1) is 11.9. The van der Waals surface area contributed by atoms with Crippen molar-refractivity contribution in [2.45, 2.75) is 24.5 Å². The Morgan fingerprint density at radius 3 is 2.64 bits per heavy atom. The molecule has 1 unspecified atom stereocenters. The van der Waals surface area contributed by atoms with Gasteiger partial charge in [-0.05, 0) is 0 Å². The van der Waals surface area contributed by atoms with Crippen molar-refractivity contribution in [3.63, 3.8) is 0 Å². The van der Waals surface area contributed by atoms with Gasteiger partial charge in [-0.25, -0.2) is 19.5 Å². The number of imidazole rings is 1. The fraction of sp³-hybridized carbons (Fsp3) is 0.583. The normalized spacial score (nSPS) is 27.2. The van der Waals surface area contributed by atoms with Crippen LogP contribution in [0.5, 0.6) is 0 Å². The van der Waals surface area contributed by atoms with Crippen LogP contribution in [0, 0.1) is 0 Å². The lowest BCUT2D eigenvalue weighted by Crippen LogP contribution is -2.36. The fourth-order valence-corrected chi connectivity index (χ4v) is 3.17. The van der Waals surface area contributed by atoms with Crippen molar-refractivity contribution in [2.75, 3.05) is 26.6 Å². The topological polar surface area (TPSA) is 164 Å². The van der Waals surface area contributed by atoms with Gasteiger partial charge in [-0.2, -0.15) is 0 Å². The van der Waals surface area contributed by atoms with Crippen LogP contribution in [-0.2, 0) is 23.3 Å². The average Bonchev–Trinajstić information content (AvgIpc) is 3.13. The van der Waals surface area contributed by atoms with Gasteiger partial charge in [-0.1, -0.05) is 0 Å². The maximum absolute atomic E-state index is 11.0. The highest BCUT2D eigenvalue weighted by Gasteiger charge is 2.47. The highest BCUT2D eigenvalue weighted by Crippen LogP contribution is 2.40. The number of fused-ring (bicyclic) bond motifs is 1. The predicted octanol–water partition coefficient (Wildman–Crippen LogP) is -0.555. The zero-order valence-corrected chi connectivity index (χ0v) is 14.3. The van der Waals surface area contributed by atoms with Crippen molar-refractivity contribution in [2.24, 2.45) is 0 Å². The van der Waals surface area contributed by atoms with Crippen LogP contribution in [0.2, 0.25) is 0 Å². The molecule has 138 valence electrons. The maximum atomic E-state index is 11.0. The number of methoxy groups -OCH3 is 2. The van der Waals surface area contributed by atoms with E-state index >= 15 is 0 Å². The van der Waals surface area contributed by atoms with E-state index in [2.05, 4.69) is 19.5 Å². The van der Waals surface area contributed by atoms with Crippen molar-refractivity contribution >= 4 is 24.8 Å². The molecule has 0 spiro atoms. The van der Waals surface area contributed by atoms with Crippen molar-refractivity contribution in [1.29, 1.82) is 0 Å². The van der Waals surface area contributed by atoms with Crippen molar-refractivity contribution in [1.82, 2.24) is 19.5 Å². The molecule has 1 saturated heterocycles. The summed E-state index contributed by atoms with van der Waals surface area (Å²) in [6, 6.07) is 0. The molecule has 25 heavy (non-hydrogen) atoms. The van der Waals surface area contributed by atoms with Crippen LogP contribution in [0.15, 0.2) is 12.7 Å². The molecule has 2 aromatic rings. The van der Waals surface area contributed by atoms with Crippen molar-refractivity contribution < 1.29 is 33.1 Å². The average molecular weight is 375 g/mol. The number of ether oxygens (including phenoxy) is 3. The molecular weight excluding hydrogens is 357 g/mol. The Kier molecular flexibility index (Phi) is 5.02. The first-order valence-electron chi connectivity index (χ1n) is 7.20. The van der Waals surface area contributed by atoms with E-state index in [9.17, 15) is 4.57 Å². The van der Waals surface area contributed by atoms with Crippen LogP contribution in [0.1, 0.15) is 6.23 Å². The predicted molar refractivity (Wildman–Crippen MR) is 83.2 cm³/mol. The lowest BCUT2D eigenvalue weighted by atomic mass is 10.1. The van der Waals surface area contributed by atoms with Gasteiger partial charge in [0, 0.05) is 14.2 Å². The molecule has 12 nitrogen and oxygen atoms in total. The third-order valence-corrected chi connectivity index (χ3v) is 4.38. The Balaban J connectivity index is 1.92. The van der Waals surface area contributed by atoms with Gasteiger partial charge in [0.2, 0.25) is 0 Å². The molecule has 0 radical (unpaired) electrons. The third kappa shape index (κ3) is 3.51. The van der Waals surface area contributed by atoms with Crippen LogP contribution in [0.3, 0.4) is 0 Å². The highest BCUT2D eigenvalue weighted by molar-refractivity contribution is 7.46. The quantitative estimate of drug-likeness (QED) is 0.555. The zero-order valence-electron chi connectivity index (χ0n) is 13.4. The van der Waals surface area contributed by atoms with E-state index < -0.39 is 32.4 Å². The minimum atomic E-state index is -4.64. The Bertz CT molecular complexity index is 795. The van der Waals surface area contributed by atoms with Crippen molar-refractivity contribution in [3.05, 3.63) is 12.7 Å². The second-order valence-electron chi connectivity index (χ2n) is 5.34. The van der Waals surface area contributed by atoms with Gasteiger partial charge >= 0.3 is 7.82 Å². The number of phosphoric ester groups is 1. The summed E-state index contributed by atoms with van der Waals surface area (Å²) in [5.74, 6) is 0.223. The lowest BCUT2D eigenvalue weighted by molar-refractivity contribution is -0.0578. The number of aromatic nitrogens is 4. The summed E-state index contributed by atoms with van der Waals surface area (Å²) in [7, 11) is -1.72. The monoisotopic (exact) mass is 375 g/mol. The SMILES string of the molecule is COC1[C@@H](OC)[C@@H](COP(=O)(O)O)O[C@H]1n1cnc2c(N)ncnc21. The van der Waals surface area contributed by atoms with Crippen LogP contribution < -0.4 is 5.73 Å². The molecule has 3 rings (SSSR count). The number of nitrogens with two attached hydrogens (primary N) is 1. The van der Waals surface area contributed by atoms with E-state index in [4.69, 9.17) is 29.7 Å². The number of nitrogen functional groups attached to an aromatic ring is 1. The van der Waals surface area contributed by atoms with Gasteiger partial charge in [0.25, 0.3) is 0 Å². The second-order valence-corrected chi connectivity index (χ2v) is 6.57. The highest BCUT2D eigenvalue weighted by atomic mass is 31.2. The van der Waals surface area contributed by atoms with Gasteiger partial charge in [-0.3, -0.25) is 9.09 Å². The molecule has 2 aromatic heterocycles. The van der Waals surface area contributed by atoms with E-state index in [0.717, 1.165) is 0 Å². The minimum Gasteiger partial charge on any atom is -0.382 e. The molecule has 3 heterocycles. The number of anilines is 1. The molecule has 1 aliphatic heterocycles. The Labute approximate surface area is 142 Å². The van der Waals surface area contributed by atoms with Crippen molar-refractivity contribution in [3.8, 4) is 0 Å². The fourth-order valence-electron chi connectivity index (χ4n) is 2.83. The summed E-state index contributed by atoms with van der Waals surface area (Å²) in [4.78, 5) is 30.0. The Morgan fingerprint density at radius 1 is 1.28 bits per heavy atom. The maximum Gasteiger partial charge on any atom is 0.469 e. The molecule has 4 N–H and O–H groups in total. The summed E-state index contributed by atoms with van der Waals surface area (Å²) in [5, 5.41) is 0. The van der Waals surface area contributed by atoms with Gasteiger partial charge < -0.3 is 29.7 Å². The van der Waals surface area contributed by atoms with E-state index in [0.29, 0.717) is 11.2 Å². The third-order valence-electron chi connectivity index (χ3n) is 3.90. The number of rotatable bonds is 6. The van der Waals surface area contributed by atoms with Gasteiger partial charge in [-0.15, -0.1) is 0 Å². The largest absolute Gasteiger partial charge is 0.469 e. The molecular formula is C12H18N5O7P. The summed E-state index contributed by atoms with van der Waals surface area (Å²) < 4.78 is 33.8. The van der Waals surface area contributed by atoms with E-state index in [-0.39, 0.29) is 12.4 Å². The van der Waals surface area contributed by atoms with Crippen LogP contribution >= 0.6 is 7.82 Å². The molecule has 1 aliphatic rings. The lowest BCUT2D eigenvalue weighted by Gasteiger charge is -2.22. The van der Waals surface area contributed by atoms with Gasteiger partial charge in [0.05, 0.1) is 12.9 Å². The van der Waals surface area contributed by atoms with Crippen LogP contribution in [-0.4, -0.2) is 68.4 Å². The Hall–Kier alpha value is -1.66. The smallest absolute Gasteiger partial charge is 0.382 e. The van der Waals surface area contributed by atoms with E-state index in [1.807, 2.05) is 0 Å². The van der Waals surface area contributed by atoms with Crippen LogP contribution in [0.4, 0.5) is 5.82 Å². The van der Waals surface area contributed by atoms with E-state index in [1.54, 1.807) is 4.57 Å². The molecule has 0 amide bonds. The molecule has 0 bridgehead atoms. The molecule has 1 fully saturated rings. The second kappa shape index (κ2) is 6.92. The Morgan fingerprint density at radius 2 is 2.00 bits per heavy atom. The molecule has 0 aromatic carbocycles. The first kappa shape index (κ1) is 18.1.